The first-order valence-corrected chi connectivity index (χ1v) is 8.29. The van der Waals surface area contributed by atoms with E-state index in [1.807, 2.05) is 6.07 Å². The van der Waals surface area contributed by atoms with Crippen molar-refractivity contribution in [1.29, 1.82) is 0 Å². The number of carboxylic acid groups (broad SMARTS) is 1. The van der Waals surface area contributed by atoms with Crippen molar-refractivity contribution in [2.24, 2.45) is 0 Å². The van der Waals surface area contributed by atoms with Gasteiger partial charge in [-0.15, -0.1) is 0 Å². The zero-order valence-corrected chi connectivity index (χ0v) is 14.2. The standard InChI is InChI=1S/C16H25N5O3/c1-3-12-9-14(18-11-17-12)21-7-4-5-13(10-21)19-16(24)20(2)8-6-15(22)23/h9,11,13H,3-8,10H2,1-2H3,(H,19,24)(H,22,23). The molecule has 8 heteroatoms. The molecule has 1 saturated heterocycles. The highest BCUT2D eigenvalue weighted by molar-refractivity contribution is 5.75. The Kier molecular flexibility index (Phi) is 6.34. The molecular formula is C16H25N5O3. The molecule has 0 aromatic carbocycles. The lowest BCUT2D eigenvalue weighted by Gasteiger charge is -2.34. The summed E-state index contributed by atoms with van der Waals surface area (Å²) in [4.78, 5) is 34.9. The normalized spacial score (nSPS) is 17.4. The Morgan fingerprint density at radius 2 is 2.25 bits per heavy atom. The lowest BCUT2D eigenvalue weighted by Crippen LogP contribution is -2.51. The Morgan fingerprint density at radius 1 is 1.46 bits per heavy atom. The van der Waals surface area contributed by atoms with Crippen LogP contribution in [0.5, 0.6) is 0 Å². The molecule has 1 aliphatic rings. The number of aromatic nitrogens is 2. The number of nitrogens with zero attached hydrogens (tertiary/aromatic N) is 4. The molecule has 1 aliphatic heterocycles. The quantitative estimate of drug-likeness (QED) is 0.808. The molecule has 0 aliphatic carbocycles. The Hall–Kier alpha value is -2.38. The van der Waals surface area contributed by atoms with E-state index < -0.39 is 5.97 Å². The van der Waals surface area contributed by atoms with Crippen molar-refractivity contribution in [2.75, 3.05) is 31.6 Å². The topological polar surface area (TPSA) is 98.7 Å². The third kappa shape index (κ3) is 5.07. The number of aliphatic carboxylic acids is 1. The highest BCUT2D eigenvalue weighted by Crippen LogP contribution is 2.18. The van der Waals surface area contributed by atoms with Gasteiger partial charge in [-0.1, -0.05) is 6.92 Å². The second-order valence-electron chi connectivity index (χ2n) is 6.02. The molecule has 0 bridgehead atoms. The summed E-state index contributed by atoms with van der Waals surface area (Å²) in [5.74, 6) is -0.0194. The van der Waals surface area contributed by atoms with E-state index in [-0.39, 0.29) is 25.0 Å². The van der Waals surface area contributed by atoms with Gasteiger partial charge in [0.15, 0.2) is 0 Å². The molecule has 2 heterocycles. The monoisotopic (exact) mass is 335 g/mol. The van der Waals surface area contributed by atoms with E-state index >= 15 is 0 Å². The number of carbonyl (C=O) groups excluding carboxylic acids is 1. The molecule has 1 unspecified atom stereocenters. The van der Waals surface area contributed by atoms with Crippen molar-refractivity contribution in [1.82, 2.24) is 20.2 Å². The molecule has 8 nitrogen and oxygen atoms in total. The van der Waals surface area contributed by atoms with Crippen molar-refractivity contribution in [3.63, 3.8) is 0 Å². The van der Waals surface area contributed by atoms with Gasteiger partial charge in [0, 0.05) is 44.5 Å². The lowest BCUT2D eigenvalue weighted by atomic mass is 10.1. The predicted octanol–water partition coefficient (Wildman–Crippen LogP) is 1.12. The van der Waals surface area contributed by atoms with E-state index in [4.69, 9.17) is 5.11 Å². The van der Waals surface area contributed by atoms with Gasteiger partial charge in [0.1, 0.15) is 12.1 Å². The highest BCUT2D eigenvalue weighted by Gasteiger charge is 2.23. The maximum atomic E-state index is 12.1. The molecule has 132 valence electrons. The van der Waals surface area contributed by atoms with Crippen molar-refractivity contribution >= 4 is 17.8 Å². The maximum absolute atomic E-state index is 12.1. The largest absolute Gasteiger partial charge is 0.481 e. The lowest BCUT2D eigenvalue weighted by molar-refractivity contribution is -0.137. The van der Waals surface area contributed by atoms with Crippen LogP contribution >= 0.6 is 0 Å². The first-order chi connectivity index (χ1) is 11.5. The van der Waals surface area contributed by atoms with E-state index in [2.05, 4.69) is 27.1 Å². The van der Waals surface area contributed by atoms with Gasteiger partial charge in [-0.05, 0) is 19.3 Å². The van der Waals surface area contributed by atoms with E-state index in [1.165, 1.54) is 4.90 Å². The summed E-state index contributed by atoms with van der Waals surface area (Å²) in [6.07, 6.45) is 4.26. The first-order valence-electron chi connectivity index (χ1n) is 8.29. The van der Waals surface area contributed by atoms with Crippen LogP contribution in [0.4, 0.5) is 10.6 Å². The number of hydrogen-bond donors (Lipinski definition) is 2. The van der Waals surface area contributed by atoms with Crippen molar-refractivity contribution in [3.8, 4) is 0 Å². The molecule has 2 amide bonds. The number of amides is 2. The molecule has 1 fully saturated rings. The van der Waals surface area contributed by atoms with Gasteiger partial charge in [-0.2, -0.15) is 0 Å². The average Bonchev–Trinajstić information content (AvgIpc) is 2.59. The van der Waals surface area contributed by atoms with Gasteiger partial charge in [0.05, 0.1) is 6.42 Å². The minimum absolute atomic E-state index is 0.0265. The summed E-state index contributed by atoms with van der Waals surface area (Å²) in [7, 11) is 1.61. The van der Waals surface area contributed by atoms with Gasteiger partial charge < -0.3 is 20.2 Å². The second kappa shape index (κ2) is 8.47. The van der Waals surface area contributed by atoms with Crippen molar-refractivity contribution < 1.29 is 14.7 Å². The maximum Gasteiger partial charge on any atom is 0.317 e. The van der Waals surface area contributed by atoms with Crippen LogP contribution in [0.15, 0.2) is 12.4 Å². The summed E-state index contributed by atoms with van der Waals surface area (Å²) >= 11 is 0. The molecule has 0 radical (unpaired) electrons. The average molecular weight is 335 g/mol. The third-order valence-corrected chi connectivity index (χ3v) is 4.15. The Balaban J connectivity index is 1.90. The number of aryl methyl sites for hydroxylation is 1. The van der Waals surface area contributed by atoms with Crippen LogP contribution in [0.2, 0.25) is 0 Å². The molecule has 1 atom stereocenters. The van der Waals surface area contributed by atoms with Crippen LogP contribution < -0.4 is 10.2 Å². The van der Waals surface area contributed by atoms with Gasteiger partial charge in [0.2, 0.25) is 0 Å². The van der Waals surface area contributed by atoms with Gasteiger partial charge in [-0.25, -0.2) is 14.8 Å². The number of hydrogen-bond acceptors (Lipinski definition) is 5. The fraction of sp³-hybridized carbons (Fsp3) is 0.625. The Morgan fingerprint density at radius 3 is 2.96 bits per heavy atom. The number of rotatable bonds is 6. The highest BCUT2D eigenvalue weighted by atomic mass is 16.4. The summed E-state index contributed by atoms with van der Waals surface area (Å²) < 4.78 is 0. The number of nitrogens with one attached hydrogen (secondary N) is 1. The Bertz CT molecular complexity index is 581. The van der Waals surface area contributed by atoms with Crippen LogP contribution in [0, 0.1) is 0 Å². The molecule has 0 saturated carbocycles. The van der Waals surface area contributed by atoms with Crippen LogP contribution in [0.25, 0.3) is 0 Å². The van der Waals surface area contributed by atoms with Gasteiger partial charge >= 0.3 is 12.0 Å². The zero-order chi connectivity index (χ0) is 17.5. The molecular weight excluding hydrogens is 310 g/mol. The predicted molar refractivity (Wildman–Crippen MR) is 90.1 cm³/mol. The minimum atomic E-state index is -0.908. The van der Waals surface area contributed by atoms with Crippen LogP contribution in [-0.4, -0.2) is 64.7 Å². The summed E-state index contributed by atoms with van der Waals surface area (Å²) in [5, 5.41) is 11.7. The first kappa shape index (κ1) is 18.0. The minimum Gasteiger partial charge on any atom is -0.481 e. The summed E-state index contributed by atoms with van der Waals surface area (Å²) in [6, 6.07) is 1.78. The second-order valence-corrected chi connectivity index (χ2v) is 6.02. The van der Waals surface area contributed by atoms with Crippen molar-refractivity contribution in [2.45, 2.75) is 38.6 Å². The fourth-order valence-electron chi connectivity index (χ4n) is 2.70. The van der Waals surface area contributed by atoms with Gasteiger partial charge in [-0.3, -0.25) is 4.79 Å². The molecule has 24 heavy (non-hydrogen) atoms. The van der Waals surface area contributed by atoms with Crippen LogP contribution in [0.1, 0.15) is 31.9 Å². The number of urea groups is 1. The molecule has 2 rings (SSSR count). The van der Waals surface area contributed by atoms with Crippen molar-refractivity contribution in [3.05, 3.63) is 18.1 Å². The number of piperidine rings is 1. The smallest absolute Gasteiger partial charge is 0.317 e. The molecule has 2 N–H and O–H groups in total. The van der Waals surface area contributed by atoms with E-state index in [0.717, 1.165) is 37.3 Å². The summed E-state index contributed by atoms with van der Waals surface area (Å²) in [5.41, 5.74) is 1.000. The van der Waals surface area contributed by atoms with E-state index in [0.29, 0.717) is 6.54 Å². The summed E-state index contributed by atoms with van der Waals surface area (Å²) in [6.45, 7) is 3.85. The van der Waals surface area contributed by atoms with E-state index in [1.54, 1.807) is 13.4 Å². The molecule has 1 aromatic rings. The number of carbonyl (C=O) groups is 2. The van der Waals surface area contributed by atoms with Crippen LogP contribution in [-0.2, 0) is 11.2 Å². The fourth-order valence-corrected chi connectivity index (χ4v) is 2.70. The molecule has 1 aromatic heterocycles. The van der Waals surface area contributed by atoms with Crippen LogP contribution in [0.3, 0.4) is 0 Å². The SMILES string of the molecule is CCc1cc(N2CCCC(NC(=O)N(C)CCC(=O)O)C2)ncn1. The van der Waals surface area contributed by atoms with E-state index in [9.17, 15) is 9.59 Å². The number of carboxylic acids is 1. The third-order valence-electron chi connectivity index (χ3n) is 4.15. The number of anilines is 1. The Labute approximate surface area is 141 Å². The zero-order valence-electron chi connectivity index (χ0n) is 14.2. The van der Waals surface area contributed by atoms with Gasteiger partial charge in [0.25, 0.3) is 0 Å². The molecule has 0 spiro atoms.